The monoisotopic (exact) mass is 336 g/mol. The van der Waals surface area contributed by atoms with Crippen LogP contribution in [0.25, 0.3) is 5.57 Å². The fourth-order valence-corrected chi connectivity index (χ4v) is 3.68. The standard InChI is InChI=1S/C18H12N2O3S/c21-16-14(12-8-4-5-9-13(12)19-16)15-17(22)20(18(23)24-15)10-11-6-2-1-3-7-11/h1-9,22H,10H2. The van der Waals surface area contributed by atoms with Crippen molar-refractivity contribution in [3.63, 3.8) is 0 Å². The lowest BCUT2D eigenvalue weighted by Crippen LogP contribution is -2.22. The van der Waals surface area contributed by atoms with Gasteiger partial charge in [-0.15, -0.1) is 0 Å². The summed E-state index contributed by atoms with van der Waals surface area (Å²) in [6.45, 7) is 0.252. The van der Waals surface area contributed by atoms with Gasteiger partial charge in [0.15, 0.2) is 0 Å². The average molecular weight is 336 g/mol. The molecular weight excluding hydrogens is 324 g/mol. The van der Waals surface area contributed by atoms with E-state index >= 15 is 0 Å². The molecule has 0 aliphatic carbocycles. The maximum atomic E-state index is 12.3. The summed E-state index contributed by atoms with van der Waals surface area (Å²) in [5.74, 6) is -0.622. The van der Waals surface area contributed by atoms with E-state index in [1.165, 1.54) is 4.57 Å². The first-order valence-electron chi connectivity index (χ1n) is 7.34. The first-order valence-corrected chi connectivity index (χ1v) is 8.16. The second-order valence-electron chi connectivity index (χ2n) is 5.40. The molecule has 2 heterocycles. The molecule has 0 unspecified atom stereocenters. The Kier molecular flexibility index (Phi) is 3.39. The Balaban J connectivity index is 1.88. The summed E-state index contributed by atoms with van der Waals surface area (Å²) in [5.41, 5.74) is 1.18. The van der Waals surface area contributed by atoms with Gasteiger partial charge < -0.3 is 5.11 Å². The molecule has 0 fully saturated rings. The first-order chi connectivity index (χ1) is 11.6. The number of fused-ring (bicyclic) bond motifs is 1. The lowest BCUT2D eigenvalue weighted by Gasteiger charge is -2.04. The van der Waals surface area contributed by atoms with Crippen LogP contribution in [-0.2, 0) is 11.3 Å². The van der Waals surface area contributed by atoms with E-state index in [0.29, 0.717) is 10.6 Å². The molecule has 4 rings (SSSR count). The van der Waals surface area contributed by atoms with E-state index in [1.54, 1.807) is 24.3 Å². The van der Waals surface area contributed by atoms with Crippen molar-refractivity contribution < 1.29 is 9.90 Å². The number of hydrogen-bond acceptors (Lipinski definition) is 4. The predicted octanol–water partition coefficient (Wildman–Crippen LogP) is 1.02. The number of benzene rings is 2. The van der Waals surface area contributed by atoms with Crippen LogP contribution < -0.4 is 15.4 Å². The molecule has 24 heavy (non-hydrogen) atoms. The molecule has 0 spiro atoms. The van der Waals surface area contributed by atoms with Crippen molar-refractivity contribution in [3.8, 4) is 5.88 Å². The second-order valence-corrected chi connectivity index (χ2v) is 6.36. The van der Waals surface area contributed by atoms with Gasteiger partial charge in [-0.3, -0.25) is 14.2 Å². The van der Waals surface area contributed by atoms with E-state index in [2.05, 4.69) is 4.99 Å². The highest BCUT2D eigenvalue weighted by Crippen LogP contribution is 2.28. The molecule has 6 heteroatoms. The van der Waals surface area contributed by atoms with Gasteiger partial charge in [-0.1, -0.05) is 59.9 Å². The van der Waals surface area contributed by atoms with Crippen molar-refractivity contribution in [2.45, 2.75) is 6.54 Å². The fourth-order valence-electron chi connectivity index (χ4n) is 2.75. The van der Waals surface area contributed by atoms with E-state index in [1.807, 2.05) is 30.3 Å². The summed E-state index contributed by atoms with van der Waals surface area (Å²) in [5, 5.41) is 11.7. The maximum Gasteiger partial charge on any atom is 0.310 e. The van der Waals surface area contributed by atoms with Gasteiger partial charge in [-0.2, -0.15) is 0 Å². The minimum absolute atomic E-state index is 0.191. The molecule has 0 saturated carbocycles. The normalized spacial score (nSPS) is 13.0. The van der Waals surface area contributed by atoms with Crippen LogP contribution in [0.3, 0.4) is 0 Å². The van der Waals surface area contributed by atoms with E-state index in [0.717, 1.165) is 16.9 Å². The average Bonchev–Trinajstić information content (AvgIpc) is 3.06. The van der Waals surface area contributed by atoms with E-state index < -0.39 is 5.91 Å². The Morgan fingerprint density at radius 2 is 1.71 bits per heavy atom. The quantitative estimate of drug-likeness (QED) is 0.776. The summed E-state index contributed by atoms with van der Waals surface area (Å²) in [6, 6.07) is 16.5. The second kappa shape index (κ2) is 5.58. The summed E-state index contributed by atoms with van der Waals surface area (Å²) in [7, 11) is 0. The van der Waals surface area contributed by atoms with Gasteiger partial charge in [-0.05, 0) is 11.6 Å². The zero-order valence-electron chi connectivity index (χ0n) is 12.5. The van der Waals surface area contributed by atoms with Crippen LogP contribution in [0.4, 0.5) is 0 Å². The summed E-state index contributed by atoms with van der Waals surface area (Å²) >= 11 is 0.864. The molecule has 2 aromatic carbocycles. The van der Waals surface area contributed by atoms with Crippen LogP contribution in [0.15, 0.2) is 64.4 Å². The van der Waals surface area contributed by atoms with E-state index in [9.17, 15) is 14.7 Å². The molecule has 3 aromatic rings. The lowest BCUT2D eigenvalue weighted by atomic mass is 10.1. The van der Waals surface area contributed by atoms with Gasteiger partial charge in [0.05, 0.1) is 17.5 Å². The number of rotatable bonds is 3. The highest BCUT2D eigenvalue weighted by molar-refractivity contribution is 7.11. The van der Waals surface area contributed by atoms with Gasteiger partial charge in [0.2, 0.25) is 5.88 Å². The van der Waals surface area contributed by atoms with Crippen LogP contribution in [0, 0.1) is 0 Å². The fraction of sp³-hybridized carbons (Fsp3) is 0.0556. The van der Waals surface area contributed by atoms with Gasteiger partial charge in [0.1, 0.15) is 4.88 Å². The number of amides is 1. The minimum atomic E-state index is -0.431. The molecule has 1 aromatic heterocycles. The van der Waals surface area contributed by atoms with Crippen molar-refractivity contribution in [2.24, 2.45) is 4.99 Å². The molecule has 1 aliphatic heterocycles. The third-order valence-electron chi connectivity index (χ3n) is 3.89. The summed E-state index contributed by atoms with van der Waals surface area (Å²) < 4.78 is 1.27. The Bertz CT molecular complexity index is 1130. The maximum absolute atomic E-state index is 12.3. The van der Waals surface area contributed by atoms with Gasteiger partial charge in [0.25, 0.3) is 5.91 Å². The highest BCUT2D eigenvalue weighted by Gasteiger charge is 2.25. The number of thiazole rings is 1. The lowest BCUT2D eigenvalue weighted by molar-refractivity contribution is -0.112. The summed E-state index contributed by atoms with van der Waals surface area (Å²) in [4.78, 5) is 28.5. The number of aromatic hydroxyl groups is 1. The van der Waals surface area contributed by atoms with Crippen molar-refractivity contribution in [3.05, 3.63) is 85.3 Å². The van der Waals surface area contributed by atoms with Crippen molar-refractivity contribution in [2.75, 3.05) is 0 Å². The molecule has 5 nitrogen and oxygen atoms in total. The first kappa shape index (κ1) is 14.6. The van der Waals surface area contributed by atoms with Crippen LogP contribution in [0.5, 0.6) is 5.88 Å². The molecule has 1 amide bonds. The third-order valence-corrected chi connectivity index (χ3v) is 4.87. The molecule has 1 N–H and O–H groups in total. The molecule has 0 radical (unpaired) electrons. The third kappa shape index (κ3) is 2.28. The number of nitrogens with zero attached hydrogens (tertiary/aromatic N) is 2. The summed E-state index contributed by atoms with van der Waals surface area (Å²) in [6.07, 6.45) is 0. The Morgan fingerprint density at radius 1 is 1.00 bits per heavy atom. The Labute approximate surface area is 140 Å². The van der Waals surface area contributed by atoms with E-state index in [-0.39, 0.29) is 27.7 Å². The molecule has 1 aliphatic rings. The highest BCUT2D eigenvalue weighted by atomic mass is 32.1. The number of hydrogen-bond donors (Lipinski definition) is 1. The molecule has 118 valence electrons. The van der Waals surface area contributed by atoms with Crippen molar-refractivity contribution in [1.29, 1.82) is 0 Å². The zero-order chi connectivity index (χ0) is 16.7. The SMILES string of the molecule is O=C1N=c2ccccc2=C1c1sc(=O)n(Cc2ccccc2)c1O. The molecule has 0 saturated heterocycles. The van der Waals surface area contributed by atoms with Crippen molar-refractivity contribution >= 4 is 22.8 Å². The van der Waals surface area contributed by atoms with Gasteiger partial charge in [0, 0.05) is 5.22 Å². The van der Waals surface area contributed by atoms with Crippen LogP contribution in [0.1, 0.15) is 10.4 Å². The van der Waals surface area contributed by atoms with Crippen LogP contribution >= 0.6 is 11.3 Å². The number of carbonyl (C=O) groups excluding carboxylic acids is 1. The Morgan fingerprint density at radius 3 is 2.50 bits per heavy atom. The molecular formula is C18H12N2O3S. The predicted molar refractivity (Wildman–Crippen MR) is 90.5 cm³/mol. The molecule has 0 bridgehead atoms. The molecule has 0 atom stereocenters. The number of aromatic nitrogens is 1. The van der Waals surface area contributed by atoms with Crippen molar-refractivity contribution in [1.82, 2.24) is 4.57 Å². The Hall–Kier alpha value is -2.99. The van der Waals surface area contributed by atoms with E-state index in [4.69, 9.17) is 0 Å². The smallest absolute Gasteiger partial charge is 0.310 e. The van der Waals surface area contributed by atoms with Gasteiger partial charge in [-0.25, -0.2) is 4.99 Å². The minimum Gasteiger partial charge on any atom is -0.493 e. The van der Waals surface area contributed by atoms with Crippen LogP contribution in [-0.4, -0.2) is 15.6 Å². The van der Waals surface area contributed by atoms with Crippen LogP contribution in [0.2, 0.25) is 0 Å². The van der Waals surface area contributed by atoms with Gasteiger partial charge >= 0.3 is 4.87 Å². The number of para-hydroxylation sites is 1. The number of carbonyl (C=O) groups is 1. The largest absolute Gasteiger partial charge is 0.493 e. The topological polar surface area (TPSA) is 71.7 Å². The zero-order valence-corrected chi connectivity index (χ0v) is 13.3.